The molecule has 1 aliphatic rings. The number of furan rings is 1. The summed E-state index contributed by atoms with van der Waals surface area (Å²) in [5, 5.41) is 30.1. The number of nitriles is 2. The summed E-state index contributed by atoms with van der Waals surface area (Å²) in [6.45, 7) is 3.58. The van der Waals surface area contributed by atoms with Crippen LogP contribution in [0.2, 0.25) is 0 Å². The molecule has 0 fully saturated rings. The van der Waals surface area contributed by atoms with E-state index in [2.05, 4.69) is 17.1 Å². The van der Waals surface area contributed by atoms with Crippen molar-refractivity contribution in [2.75, 3.05) is 5.73 Å². The number of pyridine rings is 1. The minimum absolute atomic E-state index is 0.0284. The number of aromatic nitrogens is 1. The van der Waals surface area contributed by atoms with Crippen LogP contribution in [0.3, 0.4) is 0 Å². The molecule has 0 aliphatic heterocycles. The molecule has 0 unspecified atom stereocenters. The maximum absolute atomic E-state index is 11.0. The summed E-state index contributed by atoms with van der Waals surface area (Å²) < 4.78 is 5.90. The monoisotopic (exact) mass is 409 g/mol. The Hall–Kier alpha value is -4.69. The fourth-order valence-corrected chi connectivity index (χ4v) is 3.70. The first kappa shape index (κ1) is 19.6. The normalized spacial score (nSPS) is 13.7. The predicted molar refractivity (Wildman–Crippen MR) is 115 cm³/mol. The van der Waals surface area contributed by atoms with Gasteiger partial charge in [0.1, 0.15) is 29.5 Å². The fraction of sp³-hybridized carbons (Fsp3) is 0.0870. The number of hydrogen-bond donors (Lipinski definition) is 1. The van der Waals surface area contributed by atoms with Crippen molar-refractivity contribution < 1.29 is 9.34 Å². The van der Waals surface area contributed by atoms with Gasteiger partial charge in [0.25, 0.3) is 5.69 Å². The number of hydrogen-bond acceptors (Lipinski definition) is 7. The molecule has 0 bridgehead atoms. The summed E-state index contributed by atoms with van der Waals surface area (Å²) in [4.78, 5) is 14.9. The number of rotatable bonds is 3. The lowest BCUT2D eigenvalue weighted by molar-refractivity contribution is -0.384. The average Bonchev–Trinajstić information content (AvgIpc) is 3.31. The average molecular weight is 409 g/mol. The van der Waals surface area contributed by atoms with Gasteiger partial charge in [0.15, 0.2) is 0 Å². The lowest BCUT2D eigenvalue weighted by Crippen LogP contribution is -2.03. The molecule has 0 amide bonds. The zero-order valence-electron chi connectivity index (χ0n) is 16.6. The number of benzene rings is 1. The zero-order valence-corrected chi connectivity index (χ0v) is 16.6. The summed E-state index contributed by atoms with van der Waals surface area (Å²) >= 11 is 0. The van der Waals surface area contributed by atoms with E-state index in [1.54, 1.807) is 44.2 Å². The summed E-state index contributed by atoms with van der Waals surface area (Å²) in [6.07, 6.45) is 1.77. The van der Waals surface area contributed by atoms with Crippen molar-refractivity contribution in [2.24, 2.45) is 0 Å². The van der Waals surface area contributed by atoms with E-state index in [1.165, 1.54) is 12.1 Å². The number of nitrogens with zero attached hydrogens (tertiary/aromatic N) is 4. The fourth-order valence-electron chi connectivity index (χ4n) is 3.70. The Morgan fingerprint density at radius 2 is 1.97 bits per heavy atom. The van der Waals surface area contributed by atoms with Crippen LogP contribution in [0, 0.1) is 39.7 Å². The van der Waals surface area contributed by atoms with E-state index in [4.69, 9.17) is 10.2 Å². The van der Waals surface area contributed by atoms with E-state index < -0.39 is 4.92 Å². The molecule has 2 aromatic heterocycles. The number of nitro benzene ring substituents is 1. The van der Waals surface area contributed by atoms with Crippen LogP contribution in [0.5, 0.6) is 0 Å². The SMILES string of the molecule is CC1=C(C#N)c2nc(N)c(C#N)c(C)c2C1=Cc1ccc(-c2cccc([N+](=O)[O-])c2)o1. The zero-order chi connectivity index (χ0) is 22.3. The largest absolute Gasteiger partial charge is 0.457 e. The molecule has 0 radical (unpaired) electrons. The Morgan fingerprint density at radius 3 is 2.65 bits per heavy atom. The Balaban J connectivity index is 1.84. The molecule has 8 nitrogen and oxygen atoms in total. The number of nitro groups is 1. The molecule has 4 rings (SSSR count). The topological polar surface area (TPSA) is 143 Å². The number of nitrogens with two attached hydrogens (primary N) is 1. The first-order valence-electron chi connectivity index (χ1n) is 9.24. The molecule has 31 heavy (non-hydrogen) atoms. The van der Waals surface area contributed by atoms with Gasteiger partial charge in [-0.1, -0.05) is 12.1 Å². The maximum atomic E-state index is 11.0. The van der Waals surface area contributed by atoms with Gasteiger partial charge in [-0.15, -0.1) is 0 Å². The number of fused-ring (bicyclic) bond motifs is 1. The molecule has 1 aliphatic carbocycles. The van der Waals surface area contributed by atoms with Gasteiger partial charge in [0, 0.05) is 23.3 Å². The molecule has 0 atom stereocenters. The molecule has 0 spiro atoms. The van der Waals surface area contributed by atoms with Crippen LogP contribution < -0.4 is 5.73 Å². The van der Waals surface area contributed by atoms with E-state index in [9.17, 15) is 20.6 Å². The quantitative estimate of drug-likeness (QED) is 0.480. The van der Waals surface area contributed by atoms with Crippen LogP contribution in [0.1, 0.15) is 35.1 Å². The van der Waals surface area contributed by atoms with Crippen molar-refractivity contribution in [2.45, 2.75) is 13.8 Å². The standard InChI is InChI=1S/C23H15N5O3/c1-12-17(21-13(2)19(11-25)23(26)27-22(21)18(12)10-24)9-16-6-7-20(31-16)14-4-3-5-15(8-14)28(29)30/h3-9H,1-2H3,(H2,26,27). The third-order valence-corrected chi connectivity index (χ3v) is 5.24. The third-order valence-electron chi connectivity index (χ3n) is 5.24. The van der Waals surface area contributed by atoms with Crippen LogP contribution in [0.4, 0.5) is 11.5 Å². The highest BCUT2D eigenvalue weighted by Gasteiger charge is 2.29. The highest BCUT2D eigenvalue weighted by molar-refractivity contribution is 6.08. The lowest BCUT2D eigenvalue weighted by atomic mass is 9.96. The summed E-state index contributed by atoms with van der Waals surface area (Å²) in [6, 6.07) is 13.9. The number of nitrogen functional groups attached to an aromatic ring is 1. The minimum atomic E-state index is -0.462. The van der Waals surface area contributed by atoms with E-state index in [0.717, 1.165) is 0 Å². The Kier molecular flexibility index (Phi) is 4.61. The molecule has 8 heteroatoms. The highest BCUT2D eigenvalue weighted by atomic mass is 16.6. The highest BCUT2D eigenvalue weighted by Crippen LogP contribution is 2.44. The molecular weight excluding hydrogens is 394 g/mol. The number of allylic oxidation sites excluding steroid dienone is 3. The van der Waals surface area contributed by atoms with Crippen molar-refractivity contribution >= 4 is 28.7 Å². The minimum Gasteiger partial charge on any atom is -0.457 e. The van der Waals surface area contributed by atoms with E-state index in [1.807, 2.05) is 0 Å². The van der Waals surface area contributed by atoms with E-state index in [0.29, 0.717) is 50.6 Å². The van der Waals surface area contributed by atoms with E-state index in [-0.39, 0.29) is 17.1 Å². The van der Waals surface area contributed by atoms with Crippen LogP contribution in [-0.4, -0.2) is 9.91 Å². The Morgan fingerprint density at radius 1 is 1.19 bits per heavy atom. The summed E-state index contributed by atoms with van der Waals surface area (Å²) in [5.74, 6) is 1.06. The van der Waals surface area contributed by atoms with Crippen molar-refractivity contribution in [3.8, 4) is 23.5 Å². The van der Waals surface area contributed by atoms with Gasteiger partial charge in [0.2, 0.25) is 0 Å². The van der Waals surface area contributed by atoms with Gasteiger partial charge in [-0.3, -0.25) is 10.1 Å². The second kappa shape index (κ2) is 7.29. The Labute approximate surface area is 177 Å². The second-order valence-electron chi connectivity index (χ2n) is 7.01. The lowest BCUT2D eigenvalue weighted by Gasteiger charge is -2.10. The molecule has 150 valence electrons. The van der Waals surface area contributed by atoms with Crippen molar-refractivity contribution in [1.29, 1.82) is 10.5 Å². The van der Waals surface area contributed by atoms with Crippen LogP contribution in [-0.2, 0) is 0 Å². The van der Waals surface area contributed by atoms with E-state index >= 15 is 0 Å². The maximum Gasteiger partial charge on any atom is 0.270 e. The Bertz CT molecular complexity index is 1410. The van der Waals surface area contributed by atoms with Gasteiger partial charge in [-0.2, -0.15) is 10.5 Å². The molecule has 3 aromatic rings. The molecular formula is C23H15N5O3. The second-order valence-corrected chi connectivity index (χ2v) is 7.01. The summed E-state index contributed by atoms with van der Waals surface area (Å²) in [5.41, 5.74) is 10.3. The third kappa shape index (κ3) is 3.13. The first-order valence-corrected chi connectivity index (χ1v) is 9.24. The van der Waals surface area contributed by atoms with Crippen LogP contribution in [0.25, 0.3) is 28.5 Å². The smallest absolute Gasteiger partial charge is 0.270 e. The molecule has 2 N–H and O–H groups in total. The summed E-state index contributed by atoms with van der Waals surface area (Å²) in [7, 11) is 0. The molecule has 2 heterocycles. The van der Waals surface area contributed by atoms with Crippen LogP contribution >= 0.6 is 0 Å². The van der Waals surface area contributed by atoms with Crippen LogP contribution in [0.15, 0.2) is 46.4 Å². The van der Waals surface area contributed by atoms with Crippen molar-refractivity contribution in [3.05, 3.63) is 80.2 Å². The predicted octanol–water partition coefficient (Wildman–Crippen LogP) is 4.86. The van der Waals surface area contributed by atoms with Crippen molar-refractivity contribution in [3.63, 3.8) is 0 Å². The van der Waals surface area contributed by atoms with Gasteiger partial charge in [0.05, 0.1) is 21.8 Å². The van der Waals surface area contributed by atoms with Gasteiger partial charge >= 0.3 is 0 Å². The van der Waals surface area contributed by atoms with Gasteiger partial charge < -0.3 is 10.2 Å². The van der Waals surface area contributed by atoms with Crippen molar-refractivity contribution in [1.82, 2.24) is 4.98 Å². The first-order chi connectivity index (χ1) is 14.8. The molecule has 0 saturated heterocycles. The molecule has 0 saturated carbocycles. The van der Waals surface area contributed by atoms with Gasteiger partial charge in [-0.05, 0) is 48.8 Å². The number of non-ortho nitro benzene ring substituents is 1. The molecule has 1 aromatic carbocycles. The van der Waals surface area contributed by atoms with Gasteiger partial charge in [-0.25, -0.2) is 4.98 Å². The number of anilines is 1.